The van der Waals surface area contributed by atoms with Crippen molar-refractivity contribution in [2.45, 2.75) is 19.4 Å². The van der Waals surface area contributed by atoms with Gasteiger partial charge < -0.3 is 11.1 Å². The number of benzene rings is 1. The van der Waals surface area contributed by atoms with Crippen molar-refractivity contribution in [1.82, 2.24) is 5.32 Å². The molecule has 0 aromatic heterocycles. The SMILES string of the molecule is C#CC(CC)NC(=O)c1cc(F)c(F)cc1N. The van der Waals surface area contributed by atoms with Crippen LogP contribution in [-0.4, -0.2) is 11.9 Å². The first-order chi connectivity index (χ1) is 7.99. The second kappa shape index (κ2) is 5.30. The summed E-state index contributed by atoms with van der Waals surface area (Å²) in [7, 11) is 0. The zero-order chi connectivity index (χ0) is 13.0. The fourth-order valence-corrected chi connectivity index (χ4v) is 1.26. The van der Waals surface area contributed by atoms with Crippen molar-refractivity contribution in [3.05, 3.63) is 29.3 Å². The van der Waals surface area contributed by atoms with Gasteiger partial charge in [-0.15, -0.1) is 6.42 Å². The number of carbonyl (C=O) groups excluding carboxylic acids is 1. The predicted molar refractivity (Wildman–Crippen MR) is 61.1 cm³/mol. The lowest BCUT2D eigenvalue weighted by molar-refractivity contribution is 0.0945. The number of terminal acetylenes is 1. The van der Waals surface area contributed by atoms with Crippen molar-refractivity contribution in [2.75, 3.05) is 5.73 Å². The van der Waals surface area contributed by atoms with Crippen LogP contribution >= 0.6 is 0 Å². The maximum Gasteiger partial charge on any atom is 0.254 e. The maximum absolute atomic E-state index is 13.0. The first-order valence-corrected chi connectivity index (χ1v) is 5.01. The highest BCUT2D eigenvalue weighted by Gasteiger charge is 2.16. The third-order valence-electron chi connectivity index (χ3n) is 2.25. The summed E-state index contributed by atoms with van der Waals surface area (Å²) in [5, 5.41) is 2.48. The van der Waals surface area contributed by atoms with Crippen molar-refractivity contribution >= 4 is 11.6 Å². The summed E-state index contributed by atoms with van der Waals surface area (Å²) in [6.45, 7) is 1.79. The van der Waals surface area contributed by atoms with Crippen LogP contribution in [-0.2, 0) is 0 Å². The van der Waals surface area contributed by atoms with Gasteiger partial charge in [-0.25, -0.2) is 8.78 Å². The topological polar surface area (TPSA) is 55.1 Å². The Morgan fingerprint density at radius 1 is 1.53 bits per heavy atom. The maximum atomic E-state index is 13.0. The Bertz CT molecular complexity index is 480. The lowest BCUT2D eigenvalue weighted by Gasteiger charge is -2.12. The largest absolute Gasteiger partial charge is 0.398 e. The van der Waals surface area contributed by atoms with Gasteiger partial charge in [-0.05, 0) is 12.5 Å². The van der Waals surface area contributed by atoms with E-state index in [4.69, 9.17) is 12.2 Å². The van der Waals surface area contributed by atoms with Crippen LogP contribution in [0.3, 0.4) is 0 Å². The highest BCUT2D eigenvalue weighted by molar-refractivity contribution is 5.99. The standard InChI is InChI=1S/C12H12F2N2O/c1-3-7(4-2)16-12(17)8-5-9(13)10(14)6-11(8)15/h1,5-7H,4,15H2,2H3,(H,16,17). The van der Waals surface area contributed by atoms with Gasteiger partial charge in [0.15, 0.2) is 11.6 Å². The first-order valence-electron chi connectivity index (χ1n) is 5.01. The number of amides is 1. The van der Waals surface area contributed by atoms with Crippen LogP contribution in [0.1, 0.15) is 23.7 Å². The molecule has 1 amide bonds. The Balaban J connectivity index is 2.98. The van der Waals surface area contributed by atoms with Crippen molar-refractivity contribution in [1.29, 1.82) is 0 Å². The molecule has 0 saturated heterocycles. The number of hydrogen-bond donors (Lipinski definition) is 2. The van der Waals surface area contributed by atoms with E-state index in [9.17, 15) is 13.6 Å². The second-order valence-corrected chi connectivity index (χ2v) is 3.45. The summed E-state index contributed by atoms with van der Waals surface area (Å²) in [6.07, 6.45) is 5.71. The zero-order valence-corrected chi connectivity index (χ0v) is 9.26. The summed E-state index contributed by atoms with van der Waals surface area (Å²) in [5.41, 5.74) is 5.17. The molecule has 5 heteroatoms. The Morgan fingerprint density at radius 3 is 2.65 bits per heavy atom. The molecule has 0 aliphatic rings. The van der Waals surface area contributed by atoms with Crippen LogP contribution in [0, 0.1) is 24.0 Å². The van der Waals surface area contributed by atoms with Gasteiger partial charge in [0.25, 0.3) is 5.91 Å². The smallest absolute Gasteiger partial charge is 0.254 e. The molecule has 0 saturated carbocycles. The first kappa shape index (κ1) is 13.0. The molecule has 0 spiro atoms. The third kappa shape index (κ3) is 2.94. The van der Waals surface area contributed by atoms with Crippen LogP contribution < -0.4 is 11.1 Å². The van der Waals surface area contributed by atoms with Crippen molar-refractivity contribution in [3.8, 4) is 12.3 Å². The summed E-state index contributed by atoms with van der Waals surface area (Å²) < 4.78 is 25.8. The summed E-state index contributed by atoms with van der Waals surface area (Å²) in [4.78, 5) is 11.7. The lowest BCUT2D eigenvalue weighted by Crippen LogP contribution is -2.33. The van der Waals surface area contributed by atoms with E-state index in [1.165, 1.54) is 0 Å². The molecule has 90 valence electrons. The summed E-state index contributed by atoms with van der Waals surface area (Å²) in [6, 6.07) is 1.06. The minimum Gasteiger partial charge on any atom is -0.398 e. The van der Waals surface area contributed by atoms with Gasteiger partial charge in [-0.3, -0.25) is 4.79 Å². The van der Waals surface area contributed by atoms with E-state index in [0.29, 0.717) is 6.42 Å². The normalized spacial score (nSPS) is 11.6. The van der Waals surface area contributed by atoms with Crippen LogP contribution in [0.5, 0.6) is 0 Å². The van der Waals surface area contributed by atoms with Crippen LogP contribution in [0.25, 0.3) is 0 Å². The molecule has 17 heavy (non-hydrogen) atoms. The van der Waals surface area contributed by atoms with E-state index in [-0.39, 0.29) is 11.3 Å². The Hall–Kier alpha value is -2.09. The zero-order valence-electron chi connectivity index (χ0n) is 9.26. The van der Waals surface area contributed by atoms with E-state index in [0.717, 1.165) is 12.1 Å². The minimum atomic E-state index is -1.13. The molecule has 0 aliphatic heterocycles. The number of hydrogen-bond acceptors (Lipinski definition) is 2. The van der Waals surface area contributed by atoms with E-state index in [1.54, 1.807) is 6.92 Å². The van der Waals surface area contributed by atoms with E-state index in [2.05, 4.69) is 11.2 Å². The van der Waals surface area contributed by atoms with Gasteiger partial charge in [-0.2, -0.15) is 0 Å². The third-order valence-corrected chi connectivity index (χ3v) is 2.25. The summed E-state index contributed by atoms with van der Waals surface area (Å²) >= 11 is 0. The average molecular weight is 238 g/mol. The highest BCUT2D eigenvalue weighted by atomic mass is 19.2. The second-order valence-electron chi connectivity index (χ2n) is 3.45. The van der Waals surface area contributed by atoms with Gasteiger partial charge in [0.1, 0.15) is 0 Å². The van der Waals surface area contributed by atoms with E-state index in [1.807, 2.05) is 0 Å². The molecule has 0 aliphatic carbocycles. The monoisotopic (exact) mass is 238 g/mol. The fraction of sp³-hybridized carbons (Fsp3) is 0.250. The molecule has 1 aromatic rings. The molecule has 3 N–H and O–H groups in total. The molecule has 3 nitrogen and oxygen atoms in total. The number of nitrogens with two attached hydrogens (primary N) is 1. The van der Waals surface area contributed by atoms with Gasteiger partial charge in [0.05, 0.1) is 11.6 Å². The molecule has 1 unspecified atom stereocenters. The quantitative estimate of drug-likeness (QED) is 0.622. The number of anilines is 1. The van der Waals surface area contributed by atoms with Gasteiger partial charge in [-0.1, -0.05) is 12.8 Å². The Morgan fingerprint density at radius 2 is 2.12 bits per heavy atom. The lowest BCUT2D eigenvalue weighted by atomic mass is 10.1. The molecule has 1 rings (SSSR count). The van der Waals surface area contributed by atoms with Crippen LogP contribution in [0.15, 0.2) is 12.1 Å². The molecule has 0 heterocycles. The van der Waals surface area contributed by atoms with Crippen molar-refractivity contribution < 1.29 is 13.6 Å². The average Bonchev–Trinajstić information content (AvgIpc) is 2.30. The van der Waals surface area contributed by atoms with E-state index >= 15 is 0 Å². The molecule has 1 atom stereocenters. The predicted octanol–water partition coefficient (Wildman–Crippen LogP) is 1.69. The fourth-order valence-electron chi connectivity index (χ4n) is 1.26. The molecule has 0 fully saturated rings. The van der Waals surface area contributed by atoms with Crippen LogP contribution in [0.2, 0.25) is 0 Å². The molecule has 0 bridgehead atoms. The van der Waals surface area contributed by atoms with Crippen molar-refractivity contribution in [3.63, 3.8) is 0 Å². The van der Waals surface area contributed by atoms with Crippen LogP contribution in [0.4, 0.5) is 14.5 Å². The van der Waals surface area contributed by atoms with Crippen molar-refractivity contribution in [2.24, 2.45) is 0 Å². The number of nitrogen functional groups attached to an aromatic ring is 1. The number of halogens is 2. The molecular weight excluding hydrogens is 226 g/mol. The molecule has 0 radical (unpaired) electrons. The summed E-state index contributed by atoms with van der Waals surface area (Å²) in [5.74, 6) is -0.483. The Kier molecular flexibility index (Phi) is 4.05. The molecular formula is C12H12F2N2O. The number of nitrogens with one attached hydrogen (secondary N) is 1. The number of carbonyl (C=O) groups is 1. The van der Waals surface area contributed by atoms with Gasteiger partial charge >= 0.3 is 0 Å². The highest BCUT2D eigenvalue weighted by Crippen LogP contribution is 2.17. The van der Waals surface area contributed by atoms with E-state index < -0.39 is 23.6 Å². The minimum absolute atomic E-state index is 0.127. The van der Waals surface area contributed by atoms with Gasteiger partial charge in [0.2, 0.25) is 0 Å². The number of rotatable bonds is 3. The van der Waals surface area contributed by atoms with Gasteiger partial charge in [0, 0.05) is 11.8 Å². The Labute approximate surface area is 98.0 Å². The molecule has 1 aromatic carbocycles.